The number of nitrogens with one attached hydrogen (secondary N) is 1. The summed E-state index contributed by atoms with van der Waals surface area (Å²) in [7, 11) is 0. The summed E-state index contributed by atoms with van der Waals surface area (Å²) in [6.07, 6.45) is 8.51. The lowest BCUT2D eigenvalue weighted by Gasteiger charge is -2.37. The van der Waals surface area contributed by atoms with E-state index >= 15 is 0 Å². The summed E-state index contributed by atoms with van der Waals surface area (Å²) in [6.45, 7) is 4.09. The Balaban J connectivity index is 1.29. The molecule has 3 heterocycles. The third kappa shape index (κ3) is 3.25. The van der Waals surface area contributed by atoms with Crippen LogP contribution in [0.5, 0.6) is 0 Å². The Morgan fingerprint density at radius 3 is 3.19 bits per heavy atom. The Morgan fingerprint density at radius 2 is 2.19 bits per heavy atom. The average molecular weight is 309 g/mol. The normalized spacial score (nSPS) is 42.4. The van der Waals surface area contributed by atoms with E-state index in [1.807, 2.05) is 11.8 Å². The first-order valence-corrected chi connectivity index (χ1v) is 9.66. The first-order valence-electron chi connectivity index (χ1n) is 8.68. The zero-order valence-corrected chi connectivity index (χ0v) is 13.6. The van der Waals surface area contributed by atoms with Crippen molar-refractivity contribution in [3.8, 4) is 0 Å². The molecule has 21 heavy (non-hydrogen) atoms. The molecule has 1 N–H and O–H groups in total. The molecule has 1 saturated carbocycles. The number of ether oxygens (including phenoxy) is 1. The number of aliphatic imine (C=N–C) groups is 1. The lowest BCUT2D eigenvalue weighted by molar-refractivity contribution is -0.0431. The van der Waals surface area contributed by atoms with E-state index in [-0.39, 0.29) is 0 Å². The molecular weight excluding hydrogens is 282 g/mol. The van der Waals surface area contributed by atoms with Crippen molar-refractivity contribution in [2.45, 2.75) is 56.7 Å². The van der Waals surface area contributed by atoms with Crippen LogP contribution in [0.4, 0.5) is 0 Å². The number of hydrogen-bond acceptors (Lipinski definition) is 4. The lowest BCUT2D eigenvalue weighted by atomic mass is 9.86. The largest absolute Gasteiger partial charge is 0.373 e. The molecular formula is C16H27N3OS. The summed E-state index contributed by atoms with van der Waals surface area (Å²) in [6, 6.07) is 1.38. The van der Waals surface area contributed by atoms with Crippen LogP contribution in [-0.4, -0.2) is 60.2 Å². The third-order valence-corrected chi connectivity index (χ3v) is 6.67. The van der Waals surface area contributed by atoms with E-state index in [0.29, 0.717) is 18.2 Å². The van der Waals surface area contributed by atoms with E-state index in [1.165, 1.54) is 56.0 Å². The Morgan fingerprint density at radius 1 is 1.24 bits per heavy atom. The van der Waals surface area contributed by atoms with Crippen LogP contribution >= 0.6 is 11.8 Å². The van der Waals surface area contributed by atoms with E-state index in [2.05, 4.69) is 10.2 Å². The first kappa shape index (κ1) is 14.3. The minimum Gasteiger partial charge on any atom is -0.373 e. The molecule has 5 heteroatoms. The highest BCUT2D eigenvalue weighted by Crippen LogP contribution is 2.31. The maximum atomic E-state index is 6.00. The summed E-state index contributed by atoms with van der Waals surface area (Å²) in [5.74, 6) is 2.13. The molecule has 4 nitrogen and oxygen atoms in total. The summed E-state index contributed by atoms with van der Waals surface area (Å²) in [5, 5.41) is 4.86. The first-order chi connectivity index (χ1) is 10.4. The van der Waals surface area contributed by atoms with Gasteiger partial charge in [-0.3, -0.25) is 9.89 Å². The van der Waals surface area contributed by atoms with Crippen LogP contribution in [0.15, 0.2) is 4.99 Å². The van der Waals surface area contributed by atoms with Gasteiger partial charge in [0.1, 0.15) is 0 Å². The van der Waals surface area contributed by atoms with E-state index < -0.39 is 0 Å². The van der Waals surface area contributed by atoms with Crippen molar-refractivity contribution in [2.75, 3.05) is 32.0 Å². The fourth-order valence-electron chi connectivity index (χ4n) is 4.26. The second-order valence-corrected chi connectivity index (χ2v) is 8.01. The molecule has 4 aliphatic rings. The number of rotatable bonds is 2. The van der Waals surface area contributed by atoms with Gasteiger partial charge in [-0.05, 0) is 38.1 Å². The maximum absolute atomic E-state index is 6.00. The Bertz CT molecular complexity index is 403. The number of thioether (sulfide) groups is 1. The topological polar surface area (TPSA) is 36.9 Å². The van der Waals surface area contributed by atoms with E-state index in [9.17, 15) is 0 Å². The zero-order chi connectivity index (χ0) is 14.1. The molecule has 4 atom stereocenters. The molecule has 0 radical (unpaired) electrons. The zero-order valence-electron chi connectivity index (χ0n) is 12.8. The molecule has 3 aliphatic heterocycles. The number of amidine groups is 1. The van der Waals surface area contributed by atoms with Gasteiger partial charge in [-0.2, -0.15) is 0 Å². The molecule has 3 saturated heterocycles. The highest BCUT2D eigenvalue weighted by atomic mass is 32.2. The second kappa shape index (κ2) is 6.47. The van der Waals surface area contributed by atoms with Crippen LogP contribution < -0.4 is 5.32 Å². The minimum atomic E-state index is 0.304. The van der Waals surface area contributed by atoms with Gasteiger partial charge in [0, 0.05) is 24.4 Å². The monoisotopic (exact) mass is 309 g/mol. The van der Waals surface area contributed by atoms with Crippen molar-refractivity contribution in [1.29, 1.82) is 0 Å². The van der Waals surface area contributed by atoms with Gasteiger partial charge < -0.3 is 10.1 Å². The van der Waals surface area contributed by atoms with E-state index in [1.54, 1.807) is 0 Å². The standard InChI is InChI=1S/C16H27N3OS/c1-2-6-15-12(4-1)11-21-16(18-15)17-8-14-9-19-7-3-5-13(19)10-20-14/h12-15H,1-11H2,(H,17,18). The van der Waals surface area contributed by atoms with E-state index in [0.717, 1.165) is 25.6 Å². The quantitative estimate of drug-likeness (QED) is 0.847. The van der Waals surface area contributed by atoms with Crippen LogP contribution in [0.3, 0.4) is 0 Å². The summed E-state index contributed by atoms with van der Waals surface area (Å²) in [4.78, 5) is 7.43. The van der Waals surface area contributed by atoms with Gasteiger partial charge in [-0.1, -0.05) is 24.6 Å². The number of nitrogens with zero attached hydrogens (tertiary/aromatic N) is 2. The molecule has 0 aromatic heterocycles. The van der Waals surface area contributed by atoms with Crippen molar-refractivity contribution in [2.24, 2.45) is 10.9 Å². The highest BCUT2D eigenvalue weighted by molar-refractivity contribution is 8.13. The third-order valence-electron chi connectivity index (χ3n) is 5.55. The SMILES string of the molecule is C1CCC2NC(=NCC3CN4CCCC4CO3)SCC2C1. The van der Waals surface area contributed by atoms with Crippen LogP contribution in [-0.2, 0) is 4.74 Å². The van der Waals surface area contributed by atoms with Crippen LogP contribution in [0.25, 0.3) is 0 Å². The van der Waals surface area contributed by atoms with Crippen molar-refractivity contribution in [1.82, 2.24) is 10.2 Å². The van der Waals surface area contributed by atoms with Crippen LogP contribution in [0, 0.1) is 5.92 Å². The van der Waals surface area contributed by atoms with Crippen molar-refractivity contribution < 1.29 is 4.74 Å². The van der Waals surface area contributed by atoms with Crippen molar-refractivity contribution in [3.05, 3.63) is 0 Å². The Kier molecular flexibility index (Phi) is 4.42. The molecule has 0 bridgehead atoms. The number of morpholine rings is 1. The molecule has 0 aromatic carbocycles. The molecule has 4 fully saturated rings. The summed E-state index contributed by atoms with van der Waals surface area (Å²) in [5.41, 5.74) is 0. The molecule has 118 valence electrons. The number of fused-ring (bicyclic) bond motifs is 2. The lowest BCUT2D eigenvalue weighted by Crippen LogP contribution is -2.48. The molecule has 0 amide bonds. The average Bonchev–Trinajstić information content (AvgIpc) is 3.00. The minimum absolute atomic E-state index is 0.304. The summed E-state index contributed by atoms with van der Waals surface area (Å²) >= 11 is 1.93. The van der Waals surface area contributed by atoms with Gasteiger partial charge in [-0.15, -0.1) is 0 Å². The Labute approximate surface area is 132 Å². The predicted molar refractivity (Wildman–Crippen MR) is 88.0 cm³/mol. The van der Waals surface area contributed by atoms with Gasteiger partial charge in [-0.25, -0.2) is 0 Å². The molecule has 0 spiro atoms. The van der Waals surface area contributed by atoms with Gasteiger partial charge in [0.2, 0.25) is 0 Å². The smallest absolute Gasteiger partial charge is 0.156 e. The molecule has 4 unspecified atom stereocenters. The fourth-order valence-corrected chi connectivity index (χ4v) is 5.43. The molecule has 1 aliphatic carbocycles. The fraction of sp³-hybridized carbons (Fsp3) is 0.938. The summed E-state index contributed by atoms with van der Waals surface area (Å²) < 4.78 is 6.00. The maximum Gasteiger partial charge on any atom is 0.156 e. The van der Waals surface area contributed by atoms with Gasteiger partial charge in [0.05, 0.1) is 19.3 Å². The van der Waals surface area contributed by atoms with Gasteiger partial charge >= 0.3 is 0 Å². The number of hydrogen-bond donors (Lipinski definition) is 1. The van der Waals surface area contributed by atoms with Gasteiger partial charge in [0.15, 0.2) is 5.17 Å². The van der Waals surface area contributed by atoms with Crippen molar-refractivity contribution in [3.63, 3.8) is 0 Å². The highest BCUT2D eigenvalue weighted by Gasteiger charge is 2.33. The van der Waals surface area contributed by atoms with Crippen LogP contribution in [0.1, 0.15) is 38.5 Å². The molecule has 0 aromatic rings. The Hall–Kier alpha value is -0.260. The molecule has 4 rings (SSSR count). The second-order valence-electron chi connectivity index (χ2n) is 7.00. The van der Waals surface area contributed by atoms with Crippen molar-refractivity contribution >= 4 is 16.9 Å². The van der Waals surface area contributed by atoms with Crippen LogP contribution in [0.2, 0.25) is 0 Å². The predicted octanol–water partition coefficient (Wildman–Crippen LogP) is 2.10. The van der Waals surface area contributed by atoms with Gasteiger partial charge in [0.25, 0.3) is 0 Å². The van der Waals surface area contributed by atoms with E-state index in [4.69, 9.17) is 9.73 Å².